The van der Waals surface area contributed by atoms with Gasteiger partial charge in [0.1, 0.15) is 0 Å². The highest BCUT2D eigenvalue weighted by Crippen LogP contribution is 2.40. The maximum Gasteiger partial charge on any atom is 0.228 e. The second-order valence-electron chi connectivity index (χ2n) is 5.07. The minimum absolute atomic E-state index is 0.0952. The Kier molecular flexibility index (Phi) is 2.09. The first-order valence-corrected chi connectivity index (χ1v) is 5.43. The molecule has 1 atom stereocenters. The maximum atomic E-state index is 11.3. The molecule has 1 unspecified atom stereocenters. The van der Waals surface area contributed by atoms with Crippen LogP contribution in [0.4, 0.5) is 0 Å². The predicted molar refractivity (Wildman–Crippen MR) is 52.3 cm³/mol. The molecule has 1 saturated carbocycles. The molecule has 0 spiro atoms. The van der Waals surface area contributed by atoms with Gasteiger partial charge in [-0.25, -0.2) is 0 Å². The van der Waals surface area contributed by atoms with E-state index in [0.717, 1.165) is 5.92 Å². The highest BCUT2D eigenvalue weighted by atomic mass is 16.2. The van der Waals surface area contributed by atoms with Crippen LogP contribution in [0.5, 0.6) is 0 Å². The first-order chi connectivity index (χ1) is 6.12. The summed E-state index contributed by atoms with van der Waals surface area (Å²) in [6.07, 6.45) is 6.72. The summed E-state index contributed by atoms with van der Waals surface area (Å²) >= 11 is 0. The maximum absolute atomic E-state index is 11.3. The van der Waals surface area contributed by atoms with E-state index in [2.05, 4.69) is 19.2 Å². The molecule has 1 saturated heterocycles. The molecule has 0 bridgehead atoms. The topological polar surface area (TPSA) is 29.1 Å². The molecule has 1 aliphatic carbocycles. The Labute approximate surface area is 80.1 Å². The zero-order valence-corrected chi connectivity index (χ0v) is 8.60. The van der Waals surface area contributed by atoms with Gasteiger partial charge in [-0.15, -0.1) is 0 Å². The third-order valence-electron chi connectivity index (χ3n) is 3.77. The molecule has 74 valence electrons. The SMILES string of the molecule is CC1(C)C(=O)NC1C1CCCCC1. The molecule has 2 aliphatic rings. The summed E-state index contributed by atoms with van der Waals surface area (Å²) in [5, 5.41) is 3.06. The fourth-order valence-corrected chi connectivity index (χ4v) is 2.75. The molecule has 1 heterocycles. The van der Waals surface area contributed by atoms with Gasteiger partial charge in [0.2, 0.25) is 5.91 Å². The first-order valence-electron chi connectivity index (χ1n) is 5.43. The number of carbonyl (C=O) groups is 1. The quantitative estimate of drug-likeness (QED) is 0.617. The van der Waals surface area contributed by atoms with Crippen LogP contribution in [0.2, 0.25) is 0 Å². The predicted octanol–water partition coefficient (Wildman–Crippen LogP) is 2.09. The smallest absolute Gasteiger partial charge is 0.228 e. The molecular weight excluding hydrogens is 162 g/mol. The van der Waals surface area contributed by atoms with Gasteiger partial charge in [-0.2, -0.15) is 0 Å². The molecule has 1 aliphatic heterocycles. The van der Waals surface area contributed by atoms with E-state index in [1.807, 2.05) is 0 Å². The number of amides is 1. The van der Waals surface area contributed by atoms with Gasteiger partial charge in [-0.05, 0) is 32.6 Å². The van der Waals surface area contributed by atoms with Gasteiger partial charge in [-0.1, -0.05) is 19.3 Å². The van der Waals surface area contributed by atoms with Crippen molar-refractivity contribution in [2.45, 2.75) is 52.0 Å². The average molecular weight is 181 g/mol. The highest BCUT2D eigenvalue weighted by Gasteiger charge is 2.50. The zero-order valence-electron chi connectivity index (χ0n) is 8.60. The Bertz CT molecular complexity index is 216. The van der Waals surface area contributed by atoms with Crippen LogP contribution in [0, 0.1) is 11.3 Å². The first kappa shape index (κ1) is 9.04. The lowest BCUT2D eigenvalue weighted by molar-refractivity contribution is -0.146. The van der Waals surface area contributed by atoms with E-state index >= 15 is 0 Å². The van der Waals surface area contributed by atoms with Crippen molar-refractivity contribution in [3.8, 4) is 0 Å². The third-order valence-corrected chi connectivity index (χ3v) is 3.77. The third kappa shape index (κ3) is 1.36. The van der Waals surface area contributed by atoms with Crippen molar-refractivity contribution in [1.29, 1.82) is 0 Å². The molecule has 13 heavy (non-hydrogen) atoms. The summed E-state index contributed by atoms with van der Waals surface area (Å²) < 4.78 is 0. The van der Waals surface area contributed by atoms with E-state index in [4.69, 9.17) is 0 Å². The van der Waals surface area contributed by atoms with Crippen LogP contribution in [-0.2, 0) is 4.79 Å². The average Bonchev–Trinajstić information content (AvgIpc) is 2.15. The lowest BCUT2D eigenvalue weighted by atomic mass is 9.66. The van der Waals surface area contributed by atoms with Crippen molar-refractivity contribution in [3.05, 3.63) is 0 Å². The normalized spacial score (nSPS) is 33.7. The summed E-state index contributed by atoms with van der Waals surface area (Å²) in [5.74, 6) is 0.990. The van der Waals surface area contributed by atoms with Gasteiger partial charge in [0.15, 0.2) is 0 Å². The van der Waals surface area contributed by atoms with E-state index < -0.39 is 0 Å². The van der Waals surface area contributed by atoms with Gasteiger partial charge in [0, 0.05) is 6.04 Å². The van der Waals surface area contributed by atoms with E-state index in [1.54, 1.807) is 0 Å². The number of rotatable bonds is 1. The molecule has 2 rings (SSSR count). The Morgan fingerprint density at radius 3 is 2.31 bits per heavy atom. The van der Waals surface area contributed by atoms with Crippen LogP contribution >= 0.6 is 0 Å². The summed E-state index contributed by atoms with van der Waals surface area (Å²) in [6, 6.07) is 0.459. The number of β-lactam (4-membered cyclic amide) rings is 1. The van der Waals surface area contributed by atoms with Crippen molar-refractivity contribution in [2.75, 3.05) is 0 Å². The monoisotopic (exact) mass is 181 g/mol. The van der Waals surface area contributed by atoms with Gasteiger partial charge in [-0.3, -0.25) is 4.79 Å². The second kappa shape index (κ2) is 3.00. The molecule has 0 aromatic carbocycles. The molecule has 0 aromatic rings. The Morgan fingerprint density at radius 2 is 1.85 bits per heavy atom. The van der Waals surface area contributed by atoms with Crippen molar-refractivity contribution >= 4 is 5.91 Å². The number of carbonyl (C=O) groups excluding carboxylic acids is 1. The van der Waals surface area contributed by atoms with E-state index in [-0.39, 0.29) is 11.3 Å². The van der Waals surface area contributed by atoms with Crippen LogP contribution in [0.3, 0.4) is 0 Å². The Hall–Kier alpha value is -0.530. The van der Waals surface area contributed by atoms with Gasteiger partial charge >= 0.3 is 0 Å². The van der Waals surface area contributed by atoms with Crippen molar-refractivity contribution in [1.82, 2.24) is 5.32 Å². The lowest BCUT2D eigenvalue weighted by Crippen LogP contribution is -2.67. The fourth-order valence-electron chi connectivity index (χ4n) is 2.75. The van der Waals surface area contributed by atoms with Crippen molar-refractivity contribution in [3.63, 3.8) is 0 Å². The molecule has 1 amide bonds. The van der Waals surface area contributed by atoms with Gasteiger partial charge < -0.3 is 5.32 Å². The Morgan fingerprint density at radius 1 is 1.23 bits per heavy atom. The van der Waals surface area contributed by atoms with E-state index in [9.17, 15) is 4.79 Å². The summed E-state index contributed by atoms with van der Waals surface area (Å²) in [6.45, 7) is 4.15. The zero-order chi connectivity index (χ0) is 9.47. The summed E-state index contributed by atoms with van der Waals surface area (Å²) in [5.41, 5.74) is -0.0952. The van der Waals surface area contributed by atoms with E-state index in [0.29, 0.717) is 6.04 Å². The molecule has 1 N–H and O–H groups in total. The molecule has 2 fully saturated rings. The van der Waals surface area contributed by atoms with Crippen molar-refractivity contribution < 1.29 is 4.79 Å². The van der Waals surface area contributed by atoms with Crippen LogP contribution < -0.4 is 5.32 Å². The molecule has 0 aromatic heterocycles. The van der Waals surface area contributed by atoms with Crippen LogP contribution in [-0.4, -0.2) is 11.9 Å². The van der Waals surface area contributed by atoms with Crippen LogP contribution in [0.25, 0.3) is 0 Å². The van der Waals surface area contributed by atoms with Crippen LogP contribution in [0.1, 0.15) is 46.0 Å². The second-order valence-corrected chi connectivity index (χ2v) is 5.07. The minimum atomic E-state index is -0.0952. The summed E-state index contributed by atoms with van der Waals surface area (Å²) in [4.78, 5) is 11.3. The highest BCUT2D eigenvalue weighted by molar-refractivity contribution is 5.89. The van der Waals surface area contributed by atoms with E-state index in [1.165, 1.54) is 32.1 Å². The van der Waals surface area contributed by atoms with Crippen molar-refractivity contribution in [2.24, 2.45) is 11.3 Å². The molecule has 2 nitrogen and oxygen atoms in total. The van der Waals surface area contributed by atoms with Gasteiger partial charge in [0.05, 0.1) is 5.41 Å². The number of hydrogen-bond acceptors (Lipinski definition) is 1. The molecule has 2 heteroatoms. The molecule has 0 radical (unpaired) electrons. The summed E-state index contributed by atoms with van der Waals surface area (Å²) in [7, 11) is 0. The number of nitrogens with one attached hydrogen (secondary N) is 1. The fraction of sp³-hybridized carbons (Fsp3) is 0.909. The largest absolute Gasteiger partial charge is 0.351 e. The Balaban J connectivity index is 1.98. The van der Waals surface area contributed by atoms with Crippen LogP contribution in [0.15, 0.2) is 0 Å². The standard InChI is InChI=1S/C11H19NO/c1-11(2)9(12-10(11)13)8-6-4-3-5-7-8/h8-9H,3-7H2,1-2H3,(H,12,13). The minimum Gasteiger partial charge on any atom is -0.351 e. The number of hydrogen-bond donors (Lipinski definition) is 1. The lowest BCUT2D eigenvalue weighted by Gasteiger charge is -2.49. The van der Waals surface area contributed by atoms with Gasteiger partial charge in [0.25, 0.3) is 0 Å². The molecular formula is C11H19NO.